The molecule has 0 spiro atoms. The molecule has 5 N–H and O–H groups in total. The number of ether oxygens (including phenoxy) is 4. The van der Waals surface area contributed by atoms with Gasteiger partial charge in [-0.1, -0.05) is 12.1 Å². The molecule has 17 nitrogen and oxygen atoms in total. The highest BCUT2D eigenvalue weighted by atomic mass is 16.6. The number of piperazine rings is 1. The summed E-state index contributed by atoms with van der Waals surface area (Å²) >= 11 is 0. The van der Waals surface area contributed by atoms with Gasteiger partial charge in [0, 0.05) is 37.3 Å². The number of carbonyl (C=O) groups excluding carboxylic acids is 6. The molecule has 55 heavy (non-hydrogen) atoms. The van der Waals surface area contributed by atoms with Crippen molar-refractivity contribution in [3.63, 3.8) is 0 Å². The first-order chi connectivity index (χ1) is 25.8. The second-order valence-corrected chi connectivity index (χ2v) is 14.7. The van der Waals surface area contributed by atoms with Crippen LogP contribution in [0, 0.1) is 5.41 Å². The van der Waals surface area contributed by atoms with Crippen molar-refractivity contribution >= 4 is 47.5 Å². The van der Waals surface area contributed by atoms with Crippen molar-refractivity contribution in [1.29, 1.82) is 5.41 Å². The Kier molecular flexibility index (Phi) is 15.4. The van der Waals surface area contributed by atoms with Gasteiger partial charge in [-0.2, -0.15) is 0 Å². The molecule has 1 saturated heterocycles. The molecule has 0 saturated carbocycles. The van der Waals surface area contributed by atoms with E-state index in [9.17, 15) is 28.8 Å². The third kappa shape index (κ3) is 14.5. The van der Waals surface area contributed by atoms with Crippen LogP contribution in [-0.2, 0) is 35.0 Å². The van der Waals surface area contributed by atoms with E-state index in [0.29, 0.717) is 23.4 Å². The number of nitrogens with zero attached hydrogens (tertiary/aromatic N) is 2. The third-order valence-electron chi connectivity index (χ3n) is 7.96. The van der Waals surface area contributed by atoms with E-state index in [1.165, 1.54) is 48.3 Å². The normalized spacial score (nSPS) is 14.9. The summed E-state index contributed by atoms with van der Waals surface area (Å²) in [6.45, 7) is 10.4. The largest absolute Gasteiger partial charge is 0.497 e. The van der Waals surface area contributed by atoms with Crippen LogP contribution in [0.4, 0.5) is 15.3 Å². The Hall–Kier alpha value is -5.87. The molecule has 2 atom stereocenters. The lowest BCUT2D eigenvalue weighted by Crippen LogP contribution is -2.63. The Balaban J connectivity index is 1.86. The van der Waals surface area contributed by atoms with Crippen LogP contribution in [-0.4, -0.2) is 115 Å². The molecule has 2 aromatic rings. The highest BCUT2D eigenvalue weighted by Gasteiger charge is 2.41. The minimum absolute atomic E-state index is 0.0496. The summed E-state index contributed by atoms with van der Waals surface area (Å²) in [5.74, 6) is -1.88. The van der Waals surface area contributed by atoms with Crippen molar-refractivity contribution in [2.45, 2.75) is 84.1 Å². The number of esters is 1. The second-order valence-electron chi connectivity index (χ2n) is 14.7. The summed E-state index contributed by atoms with van der Waals surface area (Å²) in [6.07, 6.45) is -0.939. The Labute approximate surface area is 321 Å². The van der Waals surface area contributed by atoms with Crippen LogP contribution in [0.5, 0.6) is 5.75 Å². The molecule has 0 unspecified atom stereocenters. The summed E-state index contributed by atoms with van der Waals surface area (Å²) in [7, 11) is 2.70. The fourth-order valence-electron chi connectivity index (χ4n) is 5.54. The van der Waals surface area contributed by atoms with Gasteiger partial charge in [0.25, 0.3) is 5.91 Å². The minimum atomic E-state index is -1.12. The summed E-state index contributed by atoms with van der Waals surface area (Å²) in [5, 5.41) is 18.2. The van der Waals surface area contributed by atoms with Crippen molar-refractivity contribution < 1.29 is 47.7 Å². The van der Waals surface area contributed by atoms with Crippen LogP contribution < -0.4 is 26.0 Å². The third-order valence-corrected chi connectivity index (χ3v) is 7.96. The zero-order valence-electron chi connectivity index (χ0n) is 32.7. The van der Waals surface area contributed by atoms with E-state index in [4.69, 9.17) is 19.6 Å². The minimum Gasteiger partial charge on any atom is -0.497 e. The number of guanidine groups is 1. The van der Waals surface area contributed by atoms with Crippen LogP contribution in [0.3, 0.4) is 0 Å². The number of methoxy groups -OCH3 is 2. The zero-order valence-corrected chi connectivity index (χ0v) is 32.7. The van der Waals surface area contributed by atoms with Crippen molar-refractivity contribution in [2.75, 3.05) is 45.7 Å². The molecule has 0 aromatic heterocycles. The maximum Gasteiger partial charge on any atom is 0.413 e. The van der Waals surface area contributed by atoms with E-state index in [2.05, 4.69) is 26.0 Å². The summed E-state index contributed by atoms with van der Waals surface area (Å²) < 4.78 is 20.5. The molecule has 0 radical (unpaired) electrons. The van der Waals surface area contributed by atoms with Crippen molar-refractivity contribution in [1.82, 2.24) is 25.8 Å². The van der Waals surface area contributed by atoms with E-state index in [1.54, 1.807) is 65.8 Å². The molecule has 3 rings (SSSR count). The van der Waals surface area contributed by atoms with Crippen LogP contribution in [0.1, 0.15) is 70.3 Å². The van der Waals surface area contributed by atoms with Gasteiger partial charge in [-0.25, -0.2) is 9.59 Å². The van der Waals surface area contributed by atoms with Gasteiger partial charge in [-0.15, -0.1) is 0 Å². The Morgan fingerprint density at radius 2 is 1.51 bits per heavy atom. The number of hydrogen-bond donors (Lipinski definition) is 5. The first kappa shape index (κ1) is 43.5. The van der Waals surface area contributed by atoms with E-state index >= 15 is 0 Å². The SMILES string of the molecule is COC(=O)NC(=N)Nc1ccc(C(=O)N[C@@H](Cc2ccc(OC)cc2)C(=O)N2CCN(CC(=O)OC(C)(C)C)C(=O)[C@@H]2CCCNC(=O)OC(C)(C)C)cc1. The topological polar surface area (TPSA) is 218 Å². The van der Waals surface area contributed by atoms with Gasteiger partial charge in [-0.3, -0.25) is 29.9 Å². The summed E-state index contributed by atoms with van der Waals surface area (Å²) in [6, 6.07) is 10.9. The Morgan fingerprint density at radius 1 is 0.873 bits per heavy atom. The van der Waals surface area contributed by atoms with Crippen LogP contribution in [0.15, 0.2) is 48.5 Å². The van der Waals surface area contributed by atoms with E-state index in [1.807, 2.05) is 0 Å². The number of amides is 5. The van der Waals surface area contributed by atoms with Gasteiger partial charge in [0.15, 0.2) is 0 Å². The Bertz CT molecular complexity index is 1680. The number of hydrogen-bond acceptors (Lipinski definition) is 11. The molecule has 1 heterocycles. The molecule has 2 aromatic carbocycles. The monoisotopic (exact) mass is 767 g/mol. The highest BCUT2D eigenvalue weighted by molar-refractivity contribution is 6.02. The molecule has 1 fully saturated rings. The summed E-state index contributed by atoms with van der Waals surface area (Å²) in [5.41, 5.74) is -0.156. The highest BCUT2D eigenvalue weighted by Crippen LogP contribution is 2.21. The van der Waals surface area contributed by atoms with E-state index < -0.39 is 59.2 Å². The van der Waals surface area contributed by atoms with Gasteiger partial charge >= 0.3 is 18.2 Å². The van der Waals surface area contributed by atoms with E-state index in [0.717, 1.165) is 0 Å². The van der Waals surface area contributed by atoms with Crippen molar-refractivity contribution in [3.05, 3.63) is 59.7 Å². The zero-order chi connectivity index (χ0) is 40.9. The molecular formula is C38H53N7O10. The van der Waals surface area contributed by atoms with Gasteiger partial charge in [0.2, 0.25) is 17.8 Å². The second kappa shape index (κ2) is 19.5. The predicted molar refractivity (Wildman–Crippen MR) is 203 cm³/mol. The Morgan fingerprint density at radius 3 is 2.09 bits per heavy atom. The lowest BCUT2D eigenvalue weighted by molar-refractivity contribution is -0.163. The van der Waals surface area contributed by atoms with Crippen LogP contribution in [0.2, 0.25) is 0 Å². The fourth-order valence-corrected chi connectivity index (χ4v) is 5.54. The number of carbonyl (C=O) groups is 6. The van der Waals surface area contributed by atoms with E-state index in [-0.39, 0.29) is 50.5 Å². The van der Waals surface area contributed by atoms with Crippen molar-refractivity contribution in [2.24, 2.45) is 0 Å². The lowest BCUT2D eigenvalue weighted by atomic mass is 9.99. The molecule has 5 amide bonds. The first-order valence-corrected chi connectivity index (χ1v) is 17.8. The van der Waals surface area contributed by atoms with Gasteiger partial charge in [-0.05, 0) is 96.3 Å². The molecule has 0 bridgehead atoms. The molecule has 17 heteroatoms. The van der Waals surface area contributed by atoms with Gasteiger partial charge in [0.05, 0.1) is 14.2 Å². The average molecular weight is 768 g/mol. The fraction of sp³-hybridized carbons (Fsp3) is 0.500. The van der Waals surface area contributed by atoms with Crippen LogP contribution in [0.25, 0.3) is 0 Å². The standard InChI is InChI=1S/C38H53N7O10/c1-37(2,3)54-30(46)23-44-20-21-45(29(33(44)49)10-9-19-40-35(50)55-38(4,5)6)32(48)28(22-24-11-17-27(52-7)18-12-24)42-31(47)25-13-15-26(16-14-25)41-34(39)43-36(51)53-8/h11-18,28-29H,9-10,19-23H2,1-8H3,(H,40,50)(H,42,47)(H3,39,41,43,51)/t28-,29-/m0/s1. The molecule has 0 aliphatic carbocycles. The molecular weight excluding hydrogens is 714 g/mol. The summed E-state index contributed by atoms with van der Waals surface area (Å²) in [4.78, 5) is 81.3. The lowest BCUT2D eigenvalue weighted by Gasteiger charge is -2.42. The van der Waals surface area contributed by atoms with Gasteiger partial charge < -0.3 is 44.7 Å². The molecule has 1 aliphatic rings. The maximum absolute atomic E-state index is 14.5. The quantitative estimate of drug-likeness (QED) is 0.0654. The predicted octanol–water partition coefficient (Wildman–Crippen LogP) is 3.42. The number of rotatable bonds is 13. The number of anilines is 1. The molecule has 300 valence electrons. The smallest absolute Gasteiger partial charge is 0.413 e. The number of benzene rings is 2. The van der Waals surface area contributed by atoms with Crippen molar-refractivity contribution in [3.8, 4) is 5.75 Å². The maximum atomic E-state index is 14.5. The first-order valence-electron chi connectivity index (χ1n) is 17.8. The average Bonchev–Trinajstić information content (AvgIpc) is 3.09. The molecule has 1 aliphatic heterocycles. The van der Waals surface area contributed by atoms with Gasteiger partial charge in [0.1, 0.15) is 35.6 Å². The number of nitrogens with one attached hydrogen (secondary N) is 5. The van der Waals surface area contributed by atoms with Crippen LogP contribution >= 0.6 is 0 Å². The number of alkyl carbamates (subject to hydrolysis) is 2.